The summed E-state index contributed by atoms with van der Waals surface area (Å²) in [4.78, 5) is 29.4. The van der Waals surface area contributed by atoms with Crippen LogP contribution in [0, 0.1) is 13.8 Å². The molecule has 0 aliphatic carbocycles. The van der Waals surface area contributed by atoms with Crippen LogP contribution in [0.4, 0.5) is 0 Å². The van der Waals surface area contributed by atoms with Crippen molar-refractivity contribution < 1.29 is 27.2 Å². The largest absolute Gasteiger partial charge is 0.467 e. The lowest BCUT2D eigenvalue weighted by Crippen LogP contribution is -2.27. The Morgan fingerprint density at radius 2 is 1.94 bits per heavy atom. The first-order valence-electron chi connectivity index (χ1n) is 10.3. The normalized spacial score (nSPS) is 16.3. The Hall–Kier alpha value is -3.66. The minimum absolute atomic E-state index is 0.0721. The van der Waals surface area contributed by atoms with Crippen LogP contribution in [0.1, 0.15) is 40.0 Å². The molecule has 0 saturated heterocycles. The van der Waals surface area contributed by atoms with E-state index >= 15 is 0 Å². The summed E-state index contributed by atoms with van der Waals surface area (Å²) < 4.78 is 39.2. The zero-order valence-corrected chi connectivity index (χ0v) is 19.2. The summed E-state index contributed by atoms with van der Waals surface area (Å²) in [6.07, 6.45) is 1.59. The highest BCUT2D eigenvalue weighted by atomic mass is 32.2. The molecule has 0 fully saturated rings. The van der Waals surface area contributed by atoms with Gasteiger partial charge in [0, 0.05) is 22.5 Å². The predicted molar refractivity (Wildman–Crippen MR) is 120 cm³/mol. The number of rotatable bonds is 7. The number of aromatic nitrogens is 1. The highest BCUT2D eigenvalue weighted by Gasteiger charge is 2.31. The van der Waals surface area contributed by atoms with Gasteiger partial charge in [-0.2, -0.15) is 0 Å². The number of aryl methyl sites for hydroxylation is 1. The van der Waals surface area contributed by atoms with Crippen LogP contribution < -0.4 is 4.72 Å². The van der Waals surface area contributed by atoms with Crippen LogP contribution in [0.25, 0.3) is 0 Å². The number of hydrogen-bond acceptors (Lipinski definition) is 7. The Balaban J connectivity index is 1.42. The first-order valence-corrected chi connectivity index (χ1v) is 11.7. The maximum Gasteiger partial charge on any atom is 0.331 e. The Morgan fingerprint density at radius 3 is 2.67 bits per heavy atom. The number of nitrogens with one attached hydrogen (secondary N) is 1. The number of esters is 1. The van der Waals surface area contributed by atoms with E-state index < -0.39 is 28.6 Å². The number of amidine groups is 1. The van der Waals surface area contributed by atoms with Gasteiger partial charge in [0.05, 0.1) is 17.7 Å². The molecule has 172 valence electrons. The number of aliphatic imine (C=N–C) groups is 1. The van der Waals surface area contributed by atoms with E-state index in [2.05, 4.69) is 9.71 Å². The molecule has 4 rings (SSSR count). The molecule has 0 amide bonds. The summed E-state index contributed by atoms with van der Waals surface area (Å²) in [5.41, 5.74) is 2.47. The van der Waals surface area contributed by atoms with Gasteiger partial charge in [0.1, 0.15) is 17.6 Å². The lowest BCUT2D eigenvalue weighted by Gasteiger charge is -2.10. The zero-order chi connectivity index (χ0) is 23.8. The first kappa shape index (κ1) is 22.5. The lowest BCUT2D eigenvalue weighted by molar-refractivity contribution is -0.143. The fraction of sp³-hybridized carbons (Fsp3) is 0.261. The van der Waals surface area contributed by atoms with Crippen molar-refractivity contribution in [3.05, 3.63) is 77.0 Å². The van der Waals surface area contributed by atoms with Crippen molar-refractivity contribution in [1.29, 1.82) is 0 Å². The fourth-order valence-electron chi connectivity index (χ4n) is 3.70. The number of Topliss-reactive ketones (excluding diaryl/α,β-unsaturated/α-hetero) is 1. The van der Waals surface area contributed by atoms with Crippen LogP contribution in [0.15, 0.2) is 63.0 Å². The smallest absolute Gasteiger partial charge is 0.331 e. The fourth-order valence-corrected chi connectivity index (χ4v) is 4.94. The van der Waals surface area contributed by atoms with Crippen LogP contribution in [-0.4, -0.2) is 43.2 Å². The number of nitrogens with zero attached hydrogens (tertiary/aromatic N) is 2. The minimum Gasteiger partial charge on any atom is -0.467 e. The molecular formula is C23H23N3O6S. The van der Waals surface area contributed by atoms with E-state index in [-0.39, 0.29) is 16.5 Å². The average Bonchev–Trinajstić information content (AvgIpc) is 3.46. The quantitative estimate of drug-likeness (QED) is 0.420. The number of carbonyl (C=O) groups is 2. The maximum absolute atomic E-state index is 12.7. The van der Waals surface area contributed by atoms with Crippen molar-refractivity contribution in [2.45, 2.75) is 38.3 Å². The SMILES string of the molecule is Cc1cc(C(=O)COC(=O)[C@H](C)N=C2NS(=O)(=O)c3ccccc32)c(C)n1Cc1ccco1. The van der Waals surface area contributed by atoms with E-state index in [1.807, 2.05) is 24.5 Å². The van der Waals surface area contributed by atoms with E-state index in [4.69, 9.17) is 9.15 Å². The number of ether oxygens (including phenoxy) is 1. The van der Waals surface area contributed by atoms with Gasteiger partial charge in [-0.25, -0.2) is 13.2 Å². The molecule has 2 aromatic heterocycles. The van der Waals surface area contributed by atoms with Crippen molar-refractivity contribution in [2.75, 3.05) is 6.61 Å². The van der Waals surface area contributed by atoms with Crippen LogP contribution in [0.2, 0.25) is 0 Å². The van der Waals surface area contributed by atoms with Crippen molar-refractivity contribution in [2.24, 2.45) is 4.99 Å². The second-order valence-electron chi connectivity index (χ2n) is 7.74. The van der Waals surface area contributed by atoms with Gasteiger partial charge < -0.3 is 13.7 Å². The van der Waals surface area contributed by atoms with Crippen molar-refractivity contribution in [1.82, 2.24) is 9.29 Å². The molecule has 0 spiro atoms. The molecular weight excluding hydrogens is 446 g/mol. The van der Waals surface area contributed by atoms with Gasteiger partial charge in [0.2, 0.25) is 5.78 Å². The molecule has 0 unspecified atom stereocenters. The molecule has 3 aromatic rings. The third-order valence-electron chi connectivity index (χ3n) is 5.44. The summed E-state index contributed by atoms with van der Waals surface area (Å²) in [5, 5.41) is 0. The van der Waals surface area contributed by atoms with Crippen molar-refractivity contribution in [3.8, 4) is 0 Å². The first-order chi connectivity index (χ1) is 15.7. The molecule has 1 N–H and O–H groups in total. The maximum atomic E-state index is 12.7. The third-order valence-corrected chi connectivity index (χ3v) is 6.84. The summed E-state index contributed by atoms with van der Waals surface area (Å²) in [7, 11) is -3.71. The number of sulfonamides is 1. The van der Waals surface area contributed by atoms with E-state index in [0.717, 1.165) is 17.1 Å². The topological polar surface area (TPSA) is 120 Å². The van der Waals surface area contributed by atoms with Crippen LogP contribution in [-0.2, 0) is 26.1 Å². The van der Waals surface area contributed by atoms with Crippen molar-refractivity contribution in [3.63, 3.8) is 0 Å². The standard InChI is InChI=1S/C23H23N3O6S/c1-14-11-19(16(3)26(14)12-17-7-6-10-31-17)20(27)13-32-23(28)15(2)24-22-18-8-4-5-9-21(18)33(29,30)25-22/h4-11,15H,12-13H2,1-3H3,(H,24,25)/t15-/m0/s1. The number of furan rings is 1. The molecule has 1 aliphatic rings. The van der Waals surface area contributed by atoms with Gasteiger partial charge >= 0.3 is 5.97 Å². The number of fused-ring (bicyclic) bond motifs is 1. The number of hydrogen-bond donors (Lipinski definition) is 1. The Kier molecular flexibility index (Phi) is 5.94. The summed E-state index contributed by atoms with van der Waals surface area (Å²) in [5.74, 6) is -0.236. The summed E-state index contributed by atoms with van der Waals surface area (Å²) >= 11 is 0. The molecule has 3 heterocycles. The molecule has 10 heteroatoms. The van der Waals surface area contributed by atoms with Gasteiger partial charge in [0.15, 0.2) is 6.61 Å². The molecule has 33 heavy (non-hydrogen) atoms. The molecule has 1 atom stereocenters. The molecule has 9 nitrogen and oxygen atoms in total. The van der Waals surface area contributed by atoms with Gasteiger partial charge in [-0.05, 0) is 51.1 Å². The molecule has 0 radical (unpaired) electrons. The molecule has 1 aliphatic heterocycles. The Bertz CT molecular complexity index is 1350. The van der Waals surface area contributed by atoms with E-state index in [9.17, 15) is 18.0 Å². The second kappa shape index (κ2) is 8.70. The molecule has 1 aromatic carbocycles. The highest BCUT2D eigenvalue weighted by Crippen LogP contribution is 2.23. The highest BCUT2D eigenvalue weighted by molar-refractivity contribution is 7.90. The second-order valence-corrected chi connectivity index (χ2v) is 9.39. The van der Waals surface area contributed by atoms with E-state index in [0.29, 0.717) is 17.7 Å². The number of ketones is 1. The Morgan fingerprint density at radius 1 is 1.18 bits per heavy atom. The van der Waals surface area contributed by atoms with E-state index in [1.165, 1.54) is 13.0 Å². The summed E-state index contributed by atoms with van der Waals surface area (Å²) in [6.45, 7) is 5.23. The number of carbonyl (C=O) groups excluding carboxylic acids is 2. The van der Waals surface area contributed by atoms with Crippen LogP contribution >= 0.6 is 0 Å². The molecule has 0 saturated carbocycles. The minimum atomic E-state index is -3.71. The van der Waals surface area contributed by atoms with Gasteiger partial charge in [0.25, 0.3) is 10.0 Å². The van der Waals surface area contributed by atoms with Crippen molar-refractivity contribution >= 4 is 27.6 Å². The van der Waals surface area contributed by atoms with Gasteiger partial charge in [-0.15, -0.1) is 0 Å². The van der Waals surface area contributed by atoms with Gasteiger partial charge in [-0.1, -0.05) is 12.1 Å². The monoisotopic (exact) mass is 469 g/mol. The van der Waals surface area contributed by atoms with Crippen LogP contribution in [0.3, 0.4) is 0 Å². The average molecular weight is 470 g/mol. The lowest BCUT2D eigenvalue weighted by atomic mass is 10.1. The third kappa shape index (κ3) is 4.47. The number of benzene rings is 1. The van der Waals surface area contributed by atoms with Gasteiger partial charge in [-0.3, -0.25) is 14.5 Å². The zero-order valence-electron chi connectivity index (χ0n) is 18.4. The Labute approximate surface area is 191 Å². The molecule has 0 bridgehead atoms. The van der Waals surface area contributed by atoms with Crippen LogP contribution in [0.5, 0.6) is 0 Å². The van der Waals surface area contributed by atoms with E-state index in [1.54, 1.807) is 36.6 Å². The summed E-state index contributed by atoms with van der Waals surface area (Å²) in [6, 6.07) is 10.8. The predicted octanol–water partition coefficient (Wildman–Crippen LogP) is 2.60.